The number of rotatable bonds is 6. The van der Waals surface area contributed by atoms with E-state index < -0.39 is 5.82 Å². The summed E-state index contributed by atoms with van der Waals surface area (Å²) in [7, 11) is 0. The first-order chi connectivity index (χ1) is 15.0. The van der Waals surface area contributed by atoms with Crippen molar-refractivity contribution < 1.29 is 9.18 Å². The summed E-state index contributed by atoms with van der Waals surface area (Å²) in [6.07, 6.45) is 3.39. The van der Waals surface area contributed by atoms with E-state index in [4.69, 9.17) is 11.6 Å². The van der Waals surface area contributed by atoms with Gasteiger partial charge in [-0.05, 0) is 54.6 Å². The minimum atomic E-state index is -0.542. The van der Waals surface area contributed by atoms with Gasteiger partial charge in [0.15, 0.2) is 11.0 Å². The van der Waals surface area contributed by atoms with E-state index in [0.717, 1.165) is 15.7 Å². The first-order valence-electron chi connectivity index (χ1n) is 9.01. The minimum Gasteiger partial charge on any atom is -0.325 e. The van der Waals surface area contributed by atoms with Gasteiger partial charge in [0.1, 0.15) is 5.82 Å². The van der Waals surface area contributed by atoms with Crippen LogP contribution in [0.3, 0.4) is 0 Å². The average Bonchev–Trinajstić information content (AvgIpc) is 3.20. The van der Waals surface area contributed by atoms with Crippen molar-refractivity contribution in [3.8, 4) is 17.1 Å². The number of hydrogen-bond acceptors (Lipinski definition) is 5. The molecule has 4 rings (SSSR count). The molecule has 10 heteroatoms. The van der Waals surface area contributed by atoms with Crippen LogP contribution in [0.4, 0.5) is 10.1 Å². The van der Waals surface area contributed by atoms with Gasteiger partial charge < -0.3 is 5.32 Å². The lowest BCUT2D eigenvalue weighted by molar-refractivity contribution is -0.113. The fourth-order valence-electron chi connectivity index (χ4n) is 2.77. The number of thioether (sulfide) groups is 1. The number of hydrogen-bond donors (Lipinski definition) is 1. The van der Waals surface area contributed by atoms with Crippen molar-refractivity contribution in [2.24, 2.45) is 0 Å². The van der Waals surface area contributed by atoms with Crippen molar-refractivity contribution >= 4 is 50.9 Å². The molecule has 0 spiro atoms. The highest BCUT2D eigenvalue weighted by Gasteiger charge is 2.17. The van der Waals surface area contributed by atoms with Crippen molar-refractivity contribution in [2.75, 3.05) is 11.1 Å². The second-order valence-electron chi connectivity index (χ2n) is 6.33. The summed E-state index contributed by atoms with van der Waals surface area (Å²) >= 11 is 10.4. The van der Waals surface area contributed by atoms with E-state index in [-0.39, 0.29) is 16.7 Å². The number of carbonyl (C=O) groups is 1. The summed E-state index contributed by atoms with van der Waals surface area (Å²) in [5.41, 5.74) is 2.07. The summed E-state index contributed by atoms with van der Waals surface area (Å²) in [6, 6.07) is 15.4. The van der Waals surface area contributed by atoms with Crippen LogP contribution in [-0.2, 0) is 4.79 Å². The van der Waals surface area contributed by atoms with Crippen LogP contribution in [0.15, 0.2) is 76.6 Å². The van der Waals surface area contributed by atoms with Gasteiger partial charge in [0, 0.05) is 33.8 Å². The van der Waals surface area contributed by atoms with Crippen LogP contribution < -0.4 is 5.32 Å². The molecule has 0 saturated carbocycles. The zero-order chi connectivity index (χ0) is 21.8. The first kappa shape index (κ1) is 21.5. The standard InChI is InChI=1S/C21H14BrClFN5OS/c22-14-3-6-16(7-4-14)29-20(13-2-1-9-25-11-13)27-28-21(29)31-12-19(30)26-15-5-8-18(24)17(23)10-15/h1-11H,12H2,(H,26,30). The maximum Gasteiger partial charge on any atom is 0.234 e. The monoisotopic (exact) mass is 517 g/mol. The van der Waals surface area contributed by atoms with Gasteiger partial charge in [-0.3, -0.25) is 14.3 Å². The number of anilines is 1. The van der Waals surface area contributed by atoms with Crippen LogP contribution in [0.25, 0.3) is 17.1 Å². The quantitative estimate of drug-likeness (QED) is 0.336. The second kappa shape index (κ2) is 9.59. The number of benzene rings is 2. The Morgan fingerprint density at radius 3 is 2.68 bits per heavy atom. The van der Waals surface area contributed by atoms with Gasteiger partial charge in [0.25, 0.3) is 0 Å². The molecule has 1 N–H and O–H groups in total. The fraction of sp³-hybridized carbons (Fsp3) is 0.0476. The van der Waals surface area contributed by atoms with Gasteiger partial charge in [0.2, 0.25) is 5.91 Å². The topological polar surface area (TPSA) is 72.7 Å². The van der Waals surface area contributed by atoms with Gasteiger partial charge in [-0.25, -0.2) is 4.39 Å². The Morgan fingerprint density at radius 1 is 1.16 bits per heavy atom. The summed E-state index contributed by atoms with van der Waals surface area (Å²) < 4.78 is 16.1. The predicted molar refractivity (Wildman–Crippen MR) is 123 cm³/mol. The number of nitrogens with zero attached hydrogens (tertiary/aromatic N) is 4. The Balaban J connectivity index is 1.57. The molecule has 0 atom stereocenters. The molecule has 156 valence electrons. The maximum absolute atomic E-state index is 13.3. The van der Waals surface area contributed by atoms with Gasteiger partial charge >= 0.3 is 0 Å². The molecule has 4 aromatic rings. The normalized spacial score (nSPS) is 10.8. The largest absolute Gasteiger partial charge is 0.325 e. The zero-order valence-corrected chi connectivity index (χ0v) is 19.0. The number of amides is 1. The molecule has 2 aromatic heterocycles. The number of aromatic nitrogens is 4. The number of halogens is 3. The maximum atomic E-state index is 13.3. The van der Waals surface area contributed by atoms with E-state index >= 15 is 0 Å². The molecule has 0 unspecified atom stereocenters. The number of carbonyl (C=O) groups excluding carboxylic acids is 1. The van der Waals surface area contributed by atoms with Crippen molar-refractivity contribution in [3.63, 3.8) is 0 Å². The molecule has 0 aliphatic heterocycles. The summed E-state index contributed by atoms with van der Waals surface area (Å²) in [5.74, 6) is -0.124. The number of pyridine rings is 1. The second-order valence-corrected chi connectivity index (χ2v) is 8.59. The van der Waals surface area contributed by atoms with Crippen molar-refractivity contribution in [1.82, 2.24) is 19.7 Å². The predicted octanol–water partition coefficient (Wildman–Crippen LogP) is 5.62. The molecule has 1 amide bonds. The molecule has 0 radical (unpaired) electrons. The average molecular weight is 519 g/mol. The van der Waals surface area contributed by atoms with Crippen LogP contribution in [0.2, 0.25) is 5.02 Å². The van der Waals surface area contributed by atoms with Crippen LogP contribution in [0, 0.1) is 5.82 Å². The molecular formula is C21H14BrClFN5OS. The third-order valence-electron chi connectivity index (χ3n) is 4.17. The Bertz CT molecular complexity index is 1220. The number of nitrogens with one attached hydrogen (secondary N) is 1. The SMILES string of the molecule is O=C(CSc1nnc(-c2cccnc2)n1-c1ccc(Br)cc1)Nc1ccc(F)c(Cl)c1. The van der Waals surface area contributed by atoms with Gasteiger partial charge in [-0.1, -0.05) is 39.3 Å². The highest BCUT2D eigenvalue weighted by atomic mass is 79.9. The van der Waals surface area contributed by atoms with Crippen LogP contribution in [0.1, 0.15) is 0 Å². The van der Waals surface area contributed by atoms with Crippen molar-refractivity contribution in [3.05, 3.63) is 82.3 Å². The lowest BCUT2D eigenvalue weighted by Gasteiger charge is -2.11. The van der Waals surface area contributed by atoms with E-state index in [1.54, 1.807) is 12.4 Å². The highest BCUT2D eigenvalue weighted by molar-refractivity contribution is 9.10. The molecule has 0 aliphatic rings. The Hall–Kier alpha value is -2.75. The summed E-state index contributed by atoms with van der Waals surface area (Å²) in [5, 5.41) is 11.8. The molecule has 31 heavy (non-hydrogen) atoms. The van der Waals surface area contributed by atoms with Crippen LogP contribution in [-0.4, -0.2) is 31.4 Å². The molecule has 6 nitrogen and oxygen atoms in total. The van der Waals surface area contributed by atoms with Gasteiger partial charge in [-0.2, -0.15) is 0 Å². The Morgan fingerprint density at radius 2 is 1.97 bits per heavy atom. The zero-order valence-electron chi connectivity index (χ0n) is 15.8. The van der Waals surface area contributed by atoms with E-state index in [0.29, 0.717) is 16.7 Å². The highest BCUT2D eigenvalue weighted by Crippen LogP contribution is 2.28. The van der Waals surface area contributed by atoms with Crippen LogP contribution in [0.5, 0.6) is 0 Å². The molecule has 0 fully saturated rings. The van der Waals surface area contributed by atoms with Gasteiger partial charge in [0.05, 0.1) is 10.8 Å². The van der Waals surface area contributed by atoms with Crippen molar-refractivity contribution in [1.29, 1.82) is 0 Å². The van der Waals surface area contributed by atoms with Gasteiger partial charge in [-0.15, -0.1) is 10.2 Å². The molecular weight excluding hydrogens is 505 g/mol. The summed E-state index contributed by atoms with van der Waals surface area (Å²) in [4.78, 5) is 16.6. The Kier molecular flexibility index (Phi) is 6.64. The Labute approximate surface area is 195 Å². The smallest absolute Gasteiger partial charge is 0.234 e. The first-order valence-corrected chi connectivity index (χ1v) is 11.2. The van der Waals surface area contributed by atoms with E-state index in [9.17, 15) is 9.18 Å². The van der Waals surface area contributed by atoms with E-state index in [1.165, 1.54) is 30.0 Å². The molecule has 0 saturated heterocycles. The molecule has 0 aliphatic carbocycles. The minimum absolute atomic E-state index is 0.0541. The third kappa shape index (κ3) is 5.12. The van der Waals surface area contributed by atoms with Crippen molar-refractivity contribution in [2.45, 2.75) is 5.16 Å². The third-order valence-corrected chi connectivity index (χ3v) is 5.92. The lowest BCUT2D eigenvalue weighted by Crippen LogP contribution is -2.14. The van der Waals surface area contributed by atoms with Crippen LogP contribution >= 0.6 is 39.3 Å². The van der Waals surface area contributed by atoms with E-state index in [2.05, 4.69) is 36.4 Å². The summed E-state index contributed by atoms with van der Waals surface area (Å²) in [6.45, 7) is 0. The molecule has 2 aromatic carbocycles. The van der Waals surface area contributed by atoms with E-state index in [1.807, 2.05) is 41.0 Å². The lowest BCUT2D eigenvalue weighted by atomic mass is 10.2. The molecule has 0 bridgehead atoms. The fourth-order valence-corrected chi connectivity index (χ4v) is 3.97. The molecule has 2 heterocycles.